The number of esters is 1. The van der Waals surface area contributed by atoms with Gasteiger partial charge in [-0.3, -0.25) is 4.79 Å². The number of carbonyl (C=O) groups is 2. The summed E-state index contributed by atoms with van der Waals surface area (Å²) in [7, 11) is 3.10. The van der Waals surface area contributed by atoms with Crippen molar-refractivity contribution < 1.29 is 23.8 Å². The fraction of sp³-hybridized carbons (Fsp3) is 0.529. The Hall–Kier alpha value is -2.24. The molecule has 6 heteroatoms. The lowest BCUT2D eigenvalue weighted by Crippen LogP contribution is -2.44. The normalized spacial score (nSPS) is 12.3. The van der Waals surface area contributed by atoms with Crippen LogP contribution < -0.4 is 14.8 Å². The zero-order valence-electron chi connectivity index (χ0n) is 14.6. The summed E-state index contributed by atoms with van der Waals surface area (Å²) in [6.45, 7) is 6.72. The summed E-state index contributed by atoms with van der Waals surface area (Å²) in [5.41, 5.74) is 0.207. The Morgan fingerprint density at radius 2 is 1.74 bits per heavy atom. The van der Waals surface area contributed by atoms with Crippen LogP contribution in [0.3, 0.4) is 0 Å². The van der Waals surface area contributed by atoms with Crippen molar-refractivity contribution in [1.82, 2.24) is 5.32 Å². The molecule has 0 aliphatic heterocycles. The van der Waals surface area contributed by atoms with E-state index < -0.39 is 17.6 Å². The molecule has 23 heavy (non-hydrogen) atoms. The Bertz CT molecular complexity index is 563. The molecular weight excluding hydrogens is 298 g/mol. The van der Waals surface area contributed by atoms with Crippen LogP contribution in [0.5, 0.6) is 11.5 Å². The second kappa shape index (κ2) is 7.85. The lowest BCUT2D eigenvalue weighted by molar-refractivity contribution is -0.158. The molecule has 0 spiro atoms. The number of ether oxygens (including phenoxy) is 3. The zero-order chi connectivity index (χ0) is 17.6. The van der Waals surface area contributed by atoms with Crippen LogP contribution in [0.25, 0.3) is 0 Å². The molecular formula is C17H25NO5. The van der Waals surface area contributed by atoms with Gasteiger partial charge < -0.3 is 19.5 Å². The van der Waals surface area contributed by atoms with Crippen LogP contribution in [-0.2, 0) is 20.7 Å². The first-order chi connectivity index (χ1) is 10.7. The van der Waals surface area contributed by atoms with Crippen LogP contribution >= 0.6 is 0 Å². The van der Waals surface area contributed by atoms with E-state index in [-0.39, 0.29) is 5.91 Å². The maximum Gasteiger partial charge on any atom is 0.329 e. The molecule has 1 aromatic rings. The molecule has 0 aliphatic carbocycles. The van der Waals surface area contributed by atoms with Crippen LogP contribution in [0.4, 0.5) is 0 Å². The summed E-state index contributed by atoms with van der Waals surface area (Å²) in [4.78, 5) is 23.7. The number of hydrogen-bond donors (Lipinski definition) is 1. The van der Waals surface area contributed by atoms with Gasteiger partial charge in [0, 0.05) is 13.3 Å². The van der Waals surface area contributed by atoms with E-state index >= 15 is 0 Å². The number of benzene rings is 1. The molecule has 128 valence electrons. The second-order valence-corrected chi connectivity index (χ2v) is 6.18. The average Bonchev–Trinajstić information content (AvgIpc) is 2.44. The van der Waals surface area contributed by atoms with Crippen molar-refractivity contribution in [2.75, 3.05) is 14.2 Å². The number of nitrogens with one attached hydrogen (secondary N) is 1. The Morgan fingerprint density at radius 3 is 2.22 bits per heavy atom. The molecule has 0 aromatic heterocycles. The molecule has 1 N–H and O–H groups in total. The molecule has 0 saturated heterocycles. The SMILES string of the molecule is COc1ccc(C[C@@H](NC(C)=O)C(=O)OC(C)(C)C)cc1OC. The number of amides is 1. The van der Waals surface area contributed by atoms with Gasteiger partial charge in [0.25, 0.3) is 0 Å². The summed E-state index contributed by atoms with van der Waals surface area (Å²) in [5, 5.41) is 2.63. The van der Waals surface area contributed by atoms with E-state index in [1.807, 2.05) is 6.07 Å². The number of methoxy groups -OCH3 is 2. The molecule has 1 amide bonds. The highest BCUT2D eigenvalue weighted by atomic mass is 16.6. The largest absolute Gasteiger partial charge is 0.493 e. The topological polar surface area (TPSA) is 73.9 Å². The maximum absolute atomic E-state index is 12.3. The average molecular weight is 323 g/mol. The highest BCUT2D eigenvalue weighted by Gasteiger charge is 2.26. The van der Waals surface area contributed by atoms with Crippen molar-refractivity contribution in [3.63, 3.8) is 0 Å². The summed E-state index contributed by atoms with van der Waals surface area (Å²) in [5.74, 6) is 0.407. The molecule has 0 fully saturated rings. The molecule has 0 heterocycles. The third-order valence-electron chi connectivity index (χ3n) is 2.96. The van der Waals surface area contributed by atoms with Crippen LogP contribution in [0.1, 0.15) is 33.3 Å². The Labute approximate surface area is 137 Å². The van der Waals surface area contributed by atoms with Crippen molar-refractivity contribution in [2.24, 2.45) is 0 Å². The van der Waals surface area contributed by atoms with Crippen LogP contribution in [0.15, 0.2) is 18.2 Å². The molecule has 0 aliphatic rings. The number of rotatable bonds is 6. The van der Waals surface area contributed by atoms with E-state index in [9.17, 15) is 9.59 Å². The van der Waals surface area contributed by atoms with Gasteiger partial charge in [0.15, 0.2) is 11.5 Å². The van der Waals surface area contributed by atoms with Crippen molar-refractivity contribution in [3.8, 4) is 11.5 Å². The van der Waals surface area contributed by atoms with E-state index in [2.05, 4.69) is 5.32 Å². The summed E-state index contributed by atoms with van der Waals surface area (Å²) in [6.07, 6.45) is 0.300. The highest BCUT2D eigenvalue weighted by Crippen LogP contribution is 2.28. The third kappa shape index (κ3) is 6.18. The zero-order valence-corrected chi connectivity index (χ0v) is 14.6. The van der Waals surface area contributed by atoms with Crippen molar-refractivity contribution >= 4 is 11.9 Å². The van der Waals surface area contributed by atoms with Gasteiger partial charge >= 0.3 is 5.97 Å². The Kier molecular flexibility index (Phi) is 6.42. The smallest absolute Gasteiger partial charge is 0.329 e. The van der Waals surface area contributed by atoms with Gasteiger partial charge in [0.1, 0.15) is 11.6 Å². The number of carbonyl (C=O) groups excluding carboxylic acids is 2. The van der Waals surface area contributed by atoms with Crippen LogP contribution in [-0.4, -0.2) is 37.7 Å². The lowest BCUT2D eigenvalue weighted by atomic mass is 10.0. The minimum Gasteiger partial charge on any atom is -0.493 e. The first kappa shape index (κ1) is 18.8. The minimum atomic E-state index is -0.759. The molecule has 0 unspecified atom stereocenters. The minimum absolute atomic E-state index is 0.290. The van der Waals surface area contributed by atoms with E-state index in [0.29, 0.717) is 17.9 Å². The maximum atomic E-state index is 12.3. The molecule has 0 saturated carbocycles. The van der Waals surface area contributed by atoms with Crippen molar-refractivity contribution in [1.29, 1.82) is 0 Å². The van der Waals surface area contributed by atoms with Crippen molar-refractivity contribution in [3.05, 3.63) is 23.8 Å². The summed E-state index contributed by atoms with van der Waals surface area (Å²) in [6, 6.07) is 4.59. The van der Waals surface area contributed by atoms with Crippen LogP contribution in [0, 0.1) is 0 Å². The Morgan fingerprint density at radius 1 is 1.13 bits per heavy atom. The van der Waals surface area contributed by atoms with Gasteiger partial charge in [0.2, 0.25) is 5.91 Å². The summed E-state index contributed by atoms with van der Waals surface area (Å²) >= 11 is 0. The van der Waals surface area contributed by atoms with Gasteiger partial charge in [-0.25, -0.2) is 4.79 Å². The van der Waals surface area contributed by atoms with E-state index in [4.69, 9.17) is 14.2 Å². The molecule has 1 rings (SSSR count). The fourth-order valence-electron chi connectivity index (χ4n) is 2.05. The van der Waals surface area contributed by atoms with Gasteiger partial charge in [-0.05, 0) is 38.5 Å². The third-order valence-corrected chi connectivity index (χ3v) is 2.96. The van der Waals surface area contributed by atoms with Gasteiger partial charge in [0.05, 0.1) is 14.2 Å². The molecule has 0 bridgehead atoms. The lowest BCUT2D eigenvalue weighted by Gasteiger charge is -2.24. The van der Waals surface area contributed by atoms with Gasteiger partial charge in [-0.2, -0.15) is 0 Å². The van der Waals surface area contributed by atoms with E-state index in [1.165, 1.54) is 6.92 Å². The predicted octanol–water partition coefficient (Wildman–Crippen LogP) is 2.09. The van der Waals surface area contributed by atoms with Gasteiger partial charge in [-0.1, -0.05) is 6.07 Å². The van der Waals surface area contributed by atoms with Crippen molar-refractivity contribution in [2.45, 2.75) is 45.8 Å². The first-order valence-corrected chi connectivity index (χ1v) is 7.37. The summed E-state index contributed by atoms with van der Waals surface area (Å²) < 4.78 is 15.8. The predicted molar refractivity (Wildman–Crippen MR) is 86.7 cm³/mol. The molecule has 1 aromatic carbocycles. The fourth-order valence-corrected chi connectivity index (χ4v) is 2.05. The van der Waals surface area contributed by atoms with Gasteiger partial charge in [-0.15, -0.1) is 0 Å². The Balaban J connectivity index is 2.97. The van der Waals surface area contributed by atoms with E-state index in [1.54, 1.807) is 47.1 Å². The molecule has 6 nitrogen and oxygen atoms in total. The molecule has 1 atom stereocenters. The highest BCUT2D eigenvalue weighted by molar-refractivity contribution is 5.83. The first-order valence-electron chi connectivity index (χ1n) is 7.37. The van der Waals surface area contributed by atoms with Crippen LogP contribution in [0.2, 0.25) is 0 Å². The number of hydrogen-bond acceptors (Lipinski definition) is 5. The standard InChI is InChI=1S/C17H25NO5/c1-11(19)18-13(16(20)23-17(2,3)4)9-12-7-8-14(21-5)15(10-12)22-6/h7-8,10,13H,9H2,1-6H3,(H,18,19)/t13-/m1/s1. The quantitative estimate of drug-likeness (QED) is 0.812. The van der Waals surface area contributed by atoms with E-state index in [0.717, 1.165) is 5.56 Å². The second-order valence-electron chi connectivity index (χ2n) is 6.18. The molecule has 0 radical (unpaired) electrons. The monoisotopic (exact) mass is 323 g/mol.